The fourth-order valence-electron chi connectivity index (χ4n) is 2.01. The van der Waals surface area contributed by atoms with Gasteiger partial charge in [0.25, 0.3) is 11.1 Å². The third kappa shape index (κ3) is 2.89. The molecule has 0 N–H and O–H groups in total. The van der Waals surface area contributed by atoms with Crippen LogP contribution in [0.2, 0.25) is 0 Å². The first-order valence-electron chi connectivity index (χ1n) is 6.70. The Balaban J connectivity index is 1.80. The van der Waals surface area contributed by atoms with Gasteiger partial charge in [-0.3, -0.25) is 9.59 Å². The van der Waals surface area contributed by atoms with Gasteiger partial charge in [0.2, 0.25) is 0 Å². The third-order valence-electron chi connectivity index (χ3n) is 3.14. The second-order valence-electron chi connectivity index (χ2n) is 4.75. The standard InChI is InChI=1S/C17H13NO3S/c1-12-7-9-13(10-8-12)18-16(19)15(22-17(18)20)6-2-4-14-5-3-11-21-14/h2-11H,1H3/b4-2+,15-6-. The quantitative estimate of drug-likeness (QED) is 0.789. The molecule has 1 saturated heterocycles. The molecule has 4 nitrogen and oxygen atoms in total. The number of hydrogen-bond acceptors (Lipinski definition) is 4. The summed E-state index contributed by atoms with van der Waals surface area (Å²) >= 11 is 0.935. The zero-order valence-electron chi connectivity index (χ0n) is 11.9. The van der Waals surface area contributed by atoms with Crippen molar-refractivity contribution in [1.82, 2.24) is 0 Å². The fourth-order valence-corrected chi connectivity index (χ4v) is 2.81. The highest BCUT2D eigenvalue weighted by Gasteiger charge is 2.35. The van der Waals surface area contributed by atoms with Crippen LogP contribution in [-0.4, -0.2) is 11.1 Å². The van der Waals surface area contributed by atoms with Crippen molar-refractivity contribution in [3.8, 4) is 0 Å². The van der Waals surface area contributed by atoms with Crippen molar-refractivity contribution in [3.63, 3.8) is 0 Å². The number of carbonyl (C=O) groups excluding carboxylic acids is 2. The number of furan rings is 1. The predicted molar refractivity (Wildman–Crippen MR) is 87.5 cm³/mol. The van der Waals surface area contributed by atoms with Gasteiger partial charge in [-0.2, -0.15) is 0 Å². The van der Waals surface area contributed by atoms with Gasteiger partial charge in [0.15, 0.2) is 0 Å². The molecule has 0 saturated carbocycles. The average Bonchev–Trinajstić information content (AvgIpc) is 3.10. The van der Waals surface area contributed by atoms with E-state index in [2.05, 4.69) is 0 Å². The van der Waals surface area contributed by atoms with Crippen LogP contribution < -0.4 is 4.90 Å². The Kier molecular flexibility index (Phi) is 3.98. The molecule has 0 aliphatic carbocycles. The number of allylic oxidation sites excluding steroid dienone is 2. The number of rotatable bonds is 3. The minimum atomic E-state index is -0.303. The Morgan fingerprint density at radius 2 is 1.91 bits per heavy atom. The van der Waals surface area contributed by atoms with E-state index in [0.717, 1.165) is 17.3 Å². The van der Waals surface area contributed by atoms with Gasteiger partial charge in [-0.15, -0.1) is 0 Å². The number of imide groups is 1. The Hall–Kier alpha value is -2.53. The van der Waals surface area contributed by atoms with Crippen LogP contribution in [-0.2, 0) is 4.79 Å². The van der Waals surface area contributed by atoms with E-state index in [1.807, 2.05) is 25.1 Å². The lowest BCUT2D eigenvalue weighted by Crippen LogP contribution is -2.27. The van der Waals surface area contributed by atoms with E-state index in [9.17, 15) is 9.59 Å². The molecule has 2 heterocycles. The van der Waals surface area contributed by atoms with E-state index in [-0.39, 0.29) is 11.1 Å². The van der Waals surface area contributed by atoms with Crippen LogP contribution in [0.5, 0.6) is 0 Å². The van der Waals surface area contributed by atoms with Gasteiger partial charge in [0, 0.05) is 0 Å². The first-order valence-corrected chi connectivity index (χ1v) is 7.51. The normalized spacial score (nSPS) is 17.1. The first-order chi connectivity index (χ1) is 10.6. The number of carbonyl (C=O) groups is 2. The number of nitrogens with zero attached hydrogens (tertiary/aromatic N) is 1. The molecular weight excluding hydrogens is 298 g/mol. The summed E-state index contributed by atoms with van der Waals surface area (Å²) in [5.41, 5.74) is 1.67. The molecule has 0 bridgehead atoms. The Bertz CT molecular complexity index is 758. The number of anilines is 1. The summed E-state index contributed by atoms with van der Waals surface area (Å²) in [4.78, 5) is 26.0. The van der Waals surface area contributed by atoms with Gasteiger partial charge in [-0.05, 0) is 55.1 Å². The number of hydrogen-bond donors (Lipinski definition) is 0. The molecule has 1 aromatic carbocycles. The molecule has 2 aromatic rings. The maximum absolute atomic E-state index is 12.4. The lowest BCUT2D eigenvalue weighted by molar-refractivity contribution is -0.113. The van der Waals surface area contributed by atoms with Crippen LogP contribution in [0.1, 0.15) is 11.3 Å². The Morgan fingerprint density at radius 3 is 2.59 bits per heavy atom. The fraction of sp³-hybridized carbons (Fsp3) is 0.0588. The topological polar surface area (TPSA) is 50.5 Å². The third-order valence-corrected chi connectivity index (χ3v) is 4.02. The highest BCUT2D eigenvalue weighted by molar-refractivity contribution is 8.18. The lowest BCUT2D eigenvalue weighted by atomic mass is 10.2. The molecule has 5 heteroatoms. The largest absolute Gasteiger partial charge is 0.465 e. The second kappa shape index (κ2) is 6.07. The molecule has 0 radical (unpaired) electrons. The summed E-state index contributed by atoms with van der Waals surface area (Å²) < 4.78 is 5.16. The zero-order chi connectivity index (χ0) is 15.5. The van der Waals surface area contributed by atoms with Crippen molar-refractivity contribution in [2.45, 2.75) is 6.92 Å². The summed E-state index contributed by atoms with van der Waals surface area (Å²) in [6.45, 7) is 1.96. The van der Waals surface area contributed by atoms with Crippen LogP contribution in [0.3, 0.4) is 0 Å². The van der Waals surface area contributed by atoms with E-state index in [1.54, 1.807) is 42.7 Å². The van der Waals surface area contributed by atoms with Gasteiger partial charge >= 0.3 is 0 Å². The number of benzene rings is 1. The van der Waals surface area contributed by atoms with E-state index in [1.165, 1.54) is 4.90 Å². The summed E-state index contributed by atoms with van der Waals surface area (Å²) in [6.07, 6.45) is 6.64. The van der Waals surface area contributed by atoms with Crippen LogP contribution in [0.15, 0.2) is 64.1 Å². The van der Waals surface area contributed by atoms with E-state index in [0.29, 0.717) is 16.4 Å². The van der Waals surface area contributed by atoms with Gasteiger partial charge in [0.1, 0.15) is 5.76 Å². The molecule has 0 spiro atoms. The van der Waals surface area contributed by atoms with Gasteiger partial charge in [-0.25, -0.2) is 4.90 Å². The van der Waals surface area contributed by atoms with Crippen LogP contribution in [0.25, 0.3) is 6.08 Å². The average molecular weight is 311 g/mol. The van der Waals surface area contributed by atoms with Gasteiger partial charge in [0.05, 0.1) is 16.9 Å². The molecule has 3 rings (SSSR count). The van der Waals surface area contributed by atoms with Crippen LogP contribution in [0, 0.1) is 6.92 Å². The Morgan fingerprint density at radius 1 is 1.14 bits per heavy atom. The van der Waals surface area contributed by atoms with Crippen LogP contribution >= 0.6 is 11.8 Å². The summed E-state index contributed by atoms with van der Waals surface area (Å²) in [5, 5.41) is -0.286. The number of thioether (sulfide) groups is 1. The first kappa shape index (κ1) is 14.4. The van der Waals surface area contributed by atoms with Crippen molar-refractivity contribution < 1.29 is 14.0 Å². The minimum Gasteiger partial charge on any atom is -0.465 e. The molecular formula is C17H13NO3S. The maximum atomic E-state index is 12.4. The summed E-state index contributed by atoms with van der Waals surface area (Å²) in [7, 11) is 0. The molecule has 2 amide bonds. The molecule has 110 valence electrons. The van der Waals surface area contributed by atoms with E-state index < -0.39 is 0 Å². The van der Waals surface area contributed by atoms with Crippen LogP contribution in [0.4, 0.5) is 10.5 Å². The minimum absolute atomic E-state index is 0.286. The van der Waals surface area contributed by atoms with Crippen molar-refractivity contribution in [3.05, 3.63) is 71.0 Å². The zero-order valence-corrected chi connectivity index (χ0v) is 12.7. The van der Waals surface area contributed by atoms with E-state index >= 15 is 0 Å². The molecule has 0 atom stereocenters. The smallest absolute Gasteiger partial charge is 0.298 e. The van der Waals surface area contributed by atoms with Crippen molar-refractivity contribution in [1.29, 1.82) is 0 Å². The van der Waals surface area contributed by atoms with E-state index in [4.69, 9.17) is 4.42 Å². The lowest BCUT2D eigenvalue weighted by Gasteiger charge is -2.12. The SMILES string of the molecule is Cc1ccc(N2C(=O)S/C(=C\C=C\c3ccco3)C2=O)cc1. The van der Waals surface area contributed by atoms with Gasteiger partial charge in [-0.1, -0.05) is 23.8 Å². The maximum Gasteiger partial charge on any atom is 0.298 e. The molecule has 1 aromatic heterocycles. The highest BCUT2D eigenvalue weighted by atomic mass is 32.2. The molecule has 22 heavy (non-hydrogen) atoms. The highest BCUT2D eigenvalue weighted by Crippen LogP contribution is 2.34. The number of amides is 2. The summed E-state index contributed by atoms with van der Waals surface area (Å²) in [5.74, 6) is 0.386. The molecule has 1 aliphatic rings. The van der Waals surface area contributed by atoms with Gasteiger partial charge < -0.3 is 4.42 Å². The number of aryl methyl sites for hydroxylation is 1. The second-order valence-corrected chi connectivity index (χ2v) is 5.74. The van der Waals surface area contributed by atoms with Crippen molar-refractivity contribution in [2.24, 2.45) is 0 Å². The van der Waals surface area contributed by atoms with Crippen molar-refractivity contribution in [2.75, 3.05) is 4.90 Å². The molecule has 1 fully saturated rings. The Labute approximate surface area is 132 Å². The predicted octanol–water partition coefficient (Wildman–Crippen LogP) is 4.39. The monoisotopic (exact) mass is 311 g/mol. The summed E-state index contributed by atoms with van der Waals surface area (Å²) in [6, 6.07) is 10.9. The molecule has 0 unspecified atom stereocenters. The van der Waals surface area contributed by atoms with Crippen molar-refractivity contribution >= 4 is 34.7 Å². The molecule has 1 aliphatic heterocycles.